The zero-order valence-electron chi connectivity index (χ0n) is 9.29. The Labute approximate surface area is 88.8 Å². The quantitative estimate of drug-likeness (QED) is 0.741. The monoisotopic (exact) mass is 212 g/mol. The van der Waals surface area contributed by atoms with Crippen molar-refractivity contribution in [1.82, 2.24) is 10.5 Å². The van der Waals surface area contributed by atoms with Crippen molar-refractivity contribution in [3.63, 3.8) is 0 Å². The van der Waals surface area contributed by atoms with E-state index < -0.39 is 0 Å². The molecule has 0 fully saturated rings. The van der Waals surface area contributed by atoms with Gasteiger partial charge in [0.15, 0.2) is 0 Å². The summed E-state index contributed by atoms with van der Waals surface area (Å²) in [5.41, 5.74) is 1.16. The van der Waals surface area contributed by atoms with Crippen molar-refractivity contribution >= 4 is 5.91 Å². The molecule has 1 aromatic heterocycles. The first-order valence-electron chi connectivity index (χ1n) is 4.86. The summed E-state index contributed by atoms with van der Waals surface area (Å²) in [6, 6.07) is 0. The lowest BCUT2D eigenvalue weighted by Crippen LogP contribution is -2.26. The second-order valence-corrected chi connectivity index (χ2v) is 3.30. The second kappa shape index (κ2) is 5.50. The van der Waals surface area contributed by atoms with Crippen LogP contribution in [0, 0.1) is 13.8 Å². The smallest absolute Gasteiger partial charge is 0.256 e. The Morgan fingerprint density at radius 2 is 2.27 bits per heavy atom. The van der Waals surface area contributed by atoms with Gasteiger partial charge in [0.05, 0.1) is 5.69 Å². The van der Waals surface area contributed by atoms with Crippen LogP contribution in [0.25, 0.3) is 0 Å². The summed E-state index contributed by atoms with van der Waals surface area (Å²) >= 11 is 0. The normalized spacial score (nSPS) is 10.3. The lowest BCUT2D eigenvalue weighted by molar-refractivity contribution is 0.0946. The highest BCUT2D eigenvalue weighted by Gasteiger charge is 2.16. The molecule has 0 saturated carbocycles. The first kappa shape index (κ1) is 11.7. The molecule has 1 rings (SSSR count). The van der Waals surface area contributed by atoms with Gasteiger partial charge in [-0.25, -0.2) is 0 Å². The largest absolute Gasteiger partial charge is 0.385 e. The fourth-order valence-electron chi connectivity index (χ4n) is 1.31. The number of hydrogen-bond acceptors (Lipinski definition) is 4. The van der Waals surface area contributed by atoms with Crippen LogP contribution >= 0.6 is 0 Å². The summed E-state index contributed by atoms with van der Waals surface area (Å²) in [6.07, 6.45) is 0.797. The summed E-state index contributed by atoms with van der Waals surface area (Å²) in [6.45, 7) is 4.71. The predicted molar refractivity (Wildman–Crippen MR) is 54.8 cm³/mol. The van der Waals surface area contributed by atoms with Crippen LogP contribution in [0.15, 0.2) is 4.52 Å². The molecule has 0 aliphatic heterocycles. The molecule has 0 aliphatic rings. The molecule has 84 valence electrons. The van der Waals surface area contributed by atoms with Crippen LogP contribution in [0.4, 0.5) is 0 Å². The van der Waals surface area contributed by atoms with Crippen LogP contribution in [0.1, 0.15) is 28.2 Å². The first-order valence-corrected chi connectivity index (χ1v) is 4.86. The summed E-state index contributed by atoms with van der Waals surface area (Å²) in [7, 11) is 1.64. The number of ether oxygens (including phenoxy) is 1. The molecular formula is C10H16N2O3. The zero-order valence-corrected chi connectivity index (χ0v) is 9.29. The molecule has 1 amide bonds. The van der Waals surface area contributed by atoms with Gasteiger partial charge in [0.25, 0.3) is 5.91 Å². The number of aryl methyl sites for hydroxylation is 2. The molecule has 0 atom stereocenters. The third-order valence-electron chi connectivity index (χ3n) is 2.07. The van der Waals surface area contributed by atoms with Crippen LogP contribution in [0.3, 0.4) is 0 Å². The average Bonchev–Trinajstić information content (AvgIpc) is 2.53. The van der Waals surface area contributed by atoms with E-state index in [1.807, 2.05) is 0 Å². The lowest BCUT2D eigenvalue weighted by atomic mass is 10.2. The number of carbonyl (C=O) groups is 1. The summed E-state index contributed by atoms with van der Waals surface area (Å²) in [5.74, 6) is 0.416. The highest BCUT2D eigenvalue weighted by Crippen LogP contribution is 2.11. The number of nitrogens with zero attached hydrogens (tertiary/aromatic N) is 1. The van der Waals surface area contributed by atoms with Crippen molar-refractivity contribution in [3.05, 3.63) is 17.0 Å². The maximum atomic E-state index is 11.7. The van der Waals surface area contributed by atoms with Crippen molar-refractivity contribution in [1.29, 1.82) is 0 Å². The molecule has 0 spiro atoms. The van der Waals surface area contributed by atoms with E-state index in [0.717, 1.165) is 6.42 Å². The van der Waals surface area contributed by atoms with Gasteiger partial charge in [-0.15, -0.1) is 0 Å². The number of methoxy groups -OCH3 is 1. The fourth-order valence-corrected chi connectivity index (χ4v) is 1.31. The van der Waals surface area contributed by atoms with Crippen LogP contribution in [-0.2, 0) is 4.74 Å². The van der Waals surface area contributed by atoms with Crippen LogP contribution in [0.2, 0.25) is 0 Å². The van der Waals surface area contributed by atoms with Gasteiger partial charge < -0.3 is 14.6 Å². The SMILES string of the molecule is COCCCNC(=O)c1c(C)noc1C. The van der Waals surface area contributed by atoms with E-state index in [0.29, 0.717) is 30.2 Å². The van der Waals surface area contributed by atoms with Gasteiger partial charge in [-0.05, 0) is 20.3 Å². The third-order valence-corrected chi connectivity index (χ3v) is 2.07. The summed E-state index contributed by atoms with van der Waals surface area (Å²) in [4.78, 5) is 11.7. The Hall–Kier alpha value is -1.36. The van der Waals surface area contributed by atoms with Crippen molar-refractivity contribution in [2.75, 3.05) is 20.3 Å². The van der Waals surface area contributed by atoms with E-state index >= 15 is 0 Å². The molecule has 0 bridgehead atoms. The molecule has 0 radical (unpaired) electrons. The van der Waals surface area contributed by atoms with Gasteiger partial charge in [-0.2, -0.15) is 0 Å². The Bertz CT molecular complexity index is 314. The van der Waals surface area contributed by atoms with E-state index in [2.05, 4.69) is 10.5 Å². The highest BCUT2D eigenvalue weighted by atomic mass is 16.5. The molecule has 1 N–H and O–H groups in total. The average molecular weight is 212 g/mol. The molecule has 15 heavy (non-hydrogen) atoms. The number of carbonyl (C=O) groups excluding carboxylic acids is 1. The minimum Gasteiger partial charge on any atom is -0.385 e. The second-order valence-electron chi connectivity index (χ2n) is 3.30. The van der Waals surface area contributed by atoms with Gasteiger partial charge in [0.1, 0.15) is 11.3 Å². The van der Waals surface area contributed by atoms with Crippen molar-refractivity contribution in [3.8, 4) is 0 Å². The van der Waals surface area contributed by atoms with E-state index in [1.54, 1.807) is 21.0 Å². The predicted octanol–water partition coefficient (Wildman–Crippen LogP) is 1.06. The lowest BCUT2D eigenvalue weighted by Gasteiger charge is -2.03. The van der Waals surface area contributed by atoms with E-state index in [1.165, 1.54) is 0 Å². The number of rotatable bonds is 5. The molecule has 5 nitrogen and oxygen atoms in total. The first-order chi connectivity index (χ1) is 7.16. The third kappa shape index (κ3) is 3.06. The van der Waals surface area contributed by atoms with E-state index in [4.69, 9.17) is 9.26 Å². The molecular weight excluding hydrogens is 196 g/mol. The maximum Gasteiger partial charge on any atom is 0.256 e. The Morgan fingerprint density at radius 3 is 2.80 bits per heavy atom. The Morgan fingerprint density at radius 1 is 1.53 bits per heavy atom. The number of amides is 1. The van der Waals surface area contributed by atoms with Crippen LogP contribution < -0.4 is 5.32 Å². The minimum absolute atomic E-state index is 0.137. The minimum atomic E-state index is -0.137. The van der Waals surface area contributed by atoms with Gasteiger partial charge in [-0.1, -0.05) is 5.16 Å². The molecule has 1 heterocycles. The van der Waals surface area contributed by atoms with Gasteiger partial charge in [0, 0.05) is 20.3 Å². The molecule has 1 aromatic rings. The Kier molecular flexibility index (Phi) is 4.30. The number of nitrogens with one attached hydrogen (secondary N) is 1. The molecule has 0 saturated heterocycles. The molecule has 5 heteroatoms. The zero-order chi connectivity index (χ0) is 11.3. The maximum absolute atomic E-state index is 11.7. The molecule has 0 unspecified atom stereocenters. The van der Waals surface area contributed by atoms with Gasteiger partial charge >= 0.3 is 0 Å². The summed E-state index contributed by atoms with van der Waals surface area (Å²) < 4.78 is 9.79. The van der Waals surface area contributed by atoms with Gasteiger partial charge in [0.2, 0.25) is 0 Å². The molecule has 0 aromatic carbocycles. The van der Waals surface area contributed by atoms with Crippen molar-refractivity contribution in [2.24, 2.45) is 0 Å². The highest BCUT2D eigenvalue weighted by molar-refractivity contribution is 5.95. The fraction of sp³-hybridized carbons (Fsp3) is 0.600. The van der Waals surface area contributed by atoms with E-state index in [-0.39, 0.29) is 5.91 Å². The standard InChI is InChI=1S/C10H16N2O3/c1-7-9(8(2)15-12-7)10(13)11-5-4-6-14-3/h4-6H2,1-3H3,(H,11,13). The van der Waals surface area contributed by atoms with Crippen molar-refractivity contribution in [2.45, 2.75) is 20.3 Å². The Balaban J connectivity index is 2.47. The molecule has 0 aliphatic carbocycles. The van der Waals surface area contributed by atoms with Gasteiger partial charge in [-0.3, -0.25) is 4.79 Å². The number of aromatic nitrogens is 1. The van der Waals surface area contributed by atoms with Crippen LogP contribution in [-0.4, -0.2) is 31.3 Å². The van der Waals surface area contributed by atoms with Crippen LogP contribution in [0.5, 0.6) is 0 Å². The van der Waals surface area contributed by atoms with E-state index in [9.17, 15) is 4.79 Å². The van der Waals surface area contributed by atoms with Crippen molar-refractivity contribution < 1.29 is 14.1 Å². The topological polar surface area (TPSA) is 64.4 Å². The summed E-state index contributed by atoms with van der Waals surface area (Å²) in [5, 5.41) is 6.50. The number of hydrogen-bond donors (Lipinski definition) is 1.